The third-order valence-corrected chi connectivity index (χ3v) is 3.85. The lowest BCUT2D eigenvalue weighted by atomic mass is 10.3. The number of benzene rings is 1. The first kappa shape index (κ1) is 12.3. The molecule has 0 spiro atoms. The minimum Gasteiger partial charge on any atom is -0.359 e. The molecule has 14 heavy (non-hydrogen) atoms. The van der Waals surface area contributed by atoms with Gasteiger partial charge in [-0.3, -0.25) is 0 Å². The highest BCUT2D eigenvalue weighted by molar-refractivity contribution is 14.1. The van der Waals surface area contributed by atoms with E-state index in [1.54, 1.807) is 0 Å². The van der Waals surface area contributed by atoms with Crippen LogP contribution in [-0.2, 0) is 12.9 Å². The summed E-state index contributed by atoms with van der Waals surface area (Å²) in [6.07, 6.45) is 0. The van der Waals surface area contributed by atoms with Gasteiger partial charge in [0.2, 0.25) is 0 Å². The van der Waals surface area contributed by atoms with Crippen molar-refractivity contribution in [3.8, 4) is 5.75 Å². The summed E-state index contributed by atoms with van der Waals surface area (Å²) in [5.74, 6) is -0.0733. The highest BCUT2D eigenvalue weighted by atomic mass is 127. The quantitative estimate of drug-likeness (QED) is 0.769. The molecule has 0 fully saturated rings. The van der Waals surface area contributed by atoms with Crippen LogP contribution < -0.4 is 4.18 Å². The highest BCUT2D eigenvalue weighted by Gasteiger charge is 2.15. The van der Waals surface area contributed by atoms with E-state index in [9.17, 15) is 8.42 Å². The Labute approximate surface area is 105 Å². The van der Waals surface area contributed by atoms with Crippen LogP contribution in [0.4, 0.5) is 0 Å². The van der Waals surface area contributed by atoms with Crippen molar-refractivity contribution >= 4 is 56.6 Å². The molecule has 0 aliphatic rings. The molecule has 0 saturated heterocycles. The fourth-order valence-corrected chi connectivity index (χ4v) is 1.65. The third kappa shape index (κ3) is 3.13. The van der Waals surface area contributed by atoms with Gasteiger partial charge in [-0.2, -0.15) is 10.9 Å². The van der Waals surface area contributed by atoms with Crippen molar-refractivity contribution in [1.82, 2.24) is 0 Å². The third-order valence-electron chi connectivity index (χ3n) is 1.19. The molecule has 0 unspecified atom stereocenters. The summed E-state index contributed by atoms with van der Waals surface area (Å²) in [5, 5.41) is 0.221. The van der Waals surface area contributed by atoms with E-state index in [1.165, 1.54) is 41.2 Å². The van der Waals surface area contributed by atoms with Crippen molar-refractivity contribution in [2.24, 2.45) is 0 Å². The zero-order chi connectivity index (χ0) is 10.8. The summed E-state index contributed by atoms with van der Waals surface area (Å²) in [4.78, 5) is 0. The molecular weight excluding hydrogens is 366 g/mol. The van der Waals surface area contributed by atoms with Crippen LogP contribution in [0.25, 0.3) is 0 Å². The first-order chi connectivity index (χ1) is 6.46. The van der Waals surface area contributed by atoms with Gasteiger partial charge in [-0.05, 0) is 12.1 Å². The molecule has 8 heteroatoms. The summed E-state index contributed by atoms with van der Waals surface area (Å²) < 4.78 is 30.3. The minimum absolute atomic E-state index is 0.0196. The number of rotatable bonds is 3. The molecule has 0 heterocycles. The SMILES string of the molecule is O=S(=O)(OI)Oc1cccc(Cl)c1Cl. The fourth-order valence-electron chi connectivity index (χ4n) is 0.671. The van der Waals surface area contributed by atoms with E-state index < -0.39 is 10.4 Å². The van der Waals surface area contributed by atoms with Crippen molar-refractivity contribution in [1.29, 1.82) is 0 Å². The van der Waals surface area contributed by atoms with E-state index in [-0.39, 0.29) is 15.8 Å². The van der Waals surface area contributed by atoms with Crippen molar-refractivity contribution in [2.75, 3.05) is 0 Å². The summed E-state index contributed by atoms with van der Waals surface area (Å²) in [7, 11) is -4.07. The second-order valence-electron chi connectivity index (χ2n) is 2.11. The monoisotopic (exact) mass is 368 g/mol. The van der Waals surface area contributed by atoms with Gasteiger partial charge in [0.05, 0.1) is 5.02 Å². The van der Waals surface area contributed by atoms with Crippen molar-refractivity contribution in [2.45, 2.75) is 0 Å². The summed E-state index contributed by atoms with van der Waals surface area (Å²) in [6.45, 7) is 0. The average molecular weight is 369 g/mol. The van der Waals surface area contributed by atoms with E-state index in [2.05, 4.69) is 6.70 Å². The van der Waals surface area contributed by atoms with Crippen LogP contribution >= 0.6 is 46.2 Å². The summed E-state index contributed by atoms with van der Waals surface area (Å²) >= 11 is 12.5. The van der Waals surface area contributed by atoms with Crippen LogP contribution in [0.3, 0.4) is 0 Å². The molecule has 0 aromatic heterocycles. The first-order valence-corrected chi connectivity index (χ1v) is 6.12. The first-order valence-electron chi connectivity index (χ1n) is 3.15. The van der Waals surface area contributed by atoms with Gasteiger partial charge in [0.1, 0.15) is 28.0 Å². The summed E-state index contributed by atoms with van der Waals surface area (Å²) in [6, 6.07) is 4.38. The normalized spacial score (nSPS) is 11.4. The molecular formula is C6H3Cl2IO4S. The lowest BCUT2D eigenvalue weighted by Gasteiger charge is -2.05. The van der Waals surface area contributed by atoms with Crippen LogP contribution in [0.15, 0.2) is 18.2 Å². The van der Waals surface area contributed by atoms with Gasteiger partial charge in [0, 0.05) is 0 Å². The van der Waals surface area contributed by atoms with Gasteiger partial charge < -0.3 is 4.18 Å². The standard InChI is InChI=1S/C6H3Cl2IO4S/c7-4-2-1-3-5(6(4)8)12-14(10,11)13-9/h1-3H. The van der Waals surface area contributed by atoms with E-state index >= 15 is 0 Å². The van der Waals surface area contributed by atoms with Crippen LogP contribution in [0, 0.1) is 0 Å². The van der Waals surface area contributed by atoms with Crippen molar-refractivity contribution in [3.63, 3.8) is 0 Å². The van der Waals surface area contributed by atoms with Gasteiger partial charge in [0.25, 0.3) is 0 Å². The second-order valence-corrected chi connectivity index (χ2v) is 5.08. The fraction of sp³-hybridized carbons (Fsp3) is 0. The van der Waals surface area contributed by atoms with Crippen LogP contribution in [-0.4, -0.2) is 8.42 Å². The molecule has 0 aliphatic carbocycles. The molecule has 0 atom stereocenters. The maximum Gasteiger partial charge on any atom is 0.458 e. The Hall–Kier alpha value is 0.240. The van der Waals surface area contributed by atoms with Gasteiger partial charge in [-0.1, -0.05) is 29.3 Å². The molecule has 1 aromatic rings. The van der Waals surface area contributed by atoms with E-state index in [4.69, 9.17) is 23.2 Å². The van der Waals surface area contributed by atoms with Gasteiger partial charge in [0.15, 0.2) is 5.75 Å². The predicted molar refractivity (Wildman–Crippen MR) is 61.1 cm³/mol. The molecule has 1 aromatic carbocycles. The number of hydrogen-bond donors (Lipinski definition) is 0. The number of hydrogen-bond acceptors (Lipinski definition) is 4. The average Bonchev–Trinajstić information content (AvgIpc) is 2.13. The van der Waals surface area contributed by atoms with Gasteiger partial charge >= 0.3 is 10.4 Å². The topological polar surface area (TPSA) is 52.6 Å². The maximum absolute atomic E-state index is 10.9. The molecule has 4 nitrogen and oxygen atoms in total. The van der Waals surface area contributed by atoms with Crippen LogP contribution in [0.5, 0.6) is 5.75 Å². The van der Waals surface area contributed by atoms with Gasteiger partial charge in [-0.25, -0.2) is 0 Å². The molecule has 0 bridgehead atoms. The Morgan fingerprint density at radius 1 is 1.29 bits per heavy atom. The van der Waals surface area contributed by atoms with Crippen molar-refractivity contribution < 1.29 is 15.1 Å². The lowest BCUT2D eigenvalue weighted by molar-refractivity contribution is 0.427. The highest BCUT2D eigenvalue weighted by Crippen LogP contribution is 2.32. The zero-order valence-corrected chi connectivity index (χ0v) is 10.9. The van der Waals surface area contributed by atoms with E-state index in [0.29, 0.717) is 0 Å². The Balaban J connectivity index is 3.05. The zero-order valence-electron chi connectivity index (χ0n) is 6.41. The molecule has 0 amide bonds. The van der Waals surface area contributed by atoms with E-state index in [1.807, 2.05) is 0 Å². The molecule has 0 saturated carbocycles. The van der Waals surface area contributed by atoms with Crippen molar-refractivity contribution in [3.05, 3.63) is 28.2 Å². The molecule has 0 N–H and O–H groups in total. The van der Waals surface area contributed by atoms with E-state index in [0.717, 1.165) is 0 Å². The Morgan fingerprint density at radius 2 is 1.93 bits per heavy atom. The van der Waals surface area contributed by atoms with Crippen LogP contribution in [0.1, 0.15) is 0 Å². The maximum atomic E-state index is 10.9. The molecule has 78 valence electrons. The lowest BCUT2D eigenvalue weighted by Crippen LogP contribution is -2.08. The smallest absolute Gasteiger partial charge is 0.359 e. The van der Waals surface area contributed by atoms with Crippen LogP contribution in [0.2, 0.25) is 10.0 Å². The second kappa shape index (κ2) is 4.84. The van der Waals surface area contributed by atoms with Gasteiger partial charge in [-0.15, -0.1) is 0 Å². The Kier molecular flexibility index (Phi) is 4.26. The minimum atomic E-state index is -4.07. The Morgan fingerprint density at radius 3 is 2.50 bits per heavy atom. The molecule has 0 radical (unpaired) electrons. The summed E-state index contributed by atoms with van der Waals surface area (Å²) in [5.41, 5.74) is 0. The Bertz CT molecular complexity index is 433. The number of halogens is 3. The molecule has 0 aliphatic heterocycles. The predicted octanol–water partition coefficient (Wildman–Crippen LogP) is 2.98. The molecule has 1 rings (SSSR count). The largest absolute Gasteiger partial charge is 0.458 e.